The number of thioether (sulfide) groups is 1. The van der Waals surface area contributed by atoms with E-state index in [1.807, 2.05) is 24.3 Å². The van der Waals surface area contributed by atoms with Crippen molar-refractivity contribution < 1.29 is 23.9 Å². The van der Waals surface area contributed by atoms with E-state index in [9.17, 15) is 24.0 Å². The average Bonchev–Trinajstić information content (AvgIpc) is 3.48. The first-order valence-corrected chi connectivity index (χ1v) is 17.2. The zero-order valence-corrected chi connectivity index (χ0v) is 28.5. The standard InChI is InChI=1S/C35H32ClN3O6S2/c1-5-45-33(43)20-8-16-24(17-9-20)39-30(41)27-26(19-6-10-21(11-7-19)35(2,3)4)29-32(46-28(27)31(39)42)38(34(44)47-29)18-25(40)37-23-14-12-22(36)13-15-23/h6-17,26-28H,5,18H2,1-4H3,(H,37,40)/t26-,27?,28?/m0/s1. The highest BCUT2D eigenvalue weighted by Gasteiger charge is 2.56. The number of carbonyl (C=O) groups is 4. The van der Waals surface area contributed by atoms with Crippen molar-refractivity contribution >= 4 is 69.8 Å². The van der Waals surface area contributed by atoms with Gasteiger partial charge in [-0.2, -0.15) is 0 Å². The first kappa shape index (κ1) is 32.7. The molecule has 3 amide bonds. The Balaban J connectivity index is 1.39. The highest BCUT2D eigenvalue weighted by molar-refractivity contribution is 8.00. The number of nitrogens with zero attached hydrogens (tertiary/aromatic N) is 2. The first-order chi connectivity index (χ1) is 22.4. The zero-order valence-electron chi connectivity index (χ0n) is 26.1. The van der Waals surface area contributed by atoms with Crippen molar-refractivity contribution in [3.8, 4) is 0 Å². The summed E-state index contributed by atoms with van der Waals surface area (Å²) >= 11 is 8.11. The molecule has 0 spiro atoms. The molecule has 3 heterocycles. The molecule has 1 N–H and O–H groups in total. The number of esters is 1. The van der Waals surface area contributed by atoms with Gasteiger partial charge in [0.05, 0.1) is 28.8 Å². The molecule has 2 aliphatic heterocycles. The van der Waals surface area contributed by atoms with Crippen molar-refractivity contribution in [2.45, 2.75) is 55.8 Å². The molecule has 0 bridgehead atoms. The molecule has 47 heavy (non-hydrogen) atoms. The minimum Gasteiger partial charge on any atom is -0.462 e. The van der Waals surface area contributed by atoms with E-state index in [4.69, 9.17) is 16.3 Å². The summed E-state index contributed by atoms with van der Waals surface area (Å²) in [5, 5.41) is 2.97. The van der Waals surface area contributed by atoms with Gasteiger partial charge in [-0.3, -0.25) is 23.7 Å². The molecule has 0 saturated carbocycles. The van der Waals surface area contributed by atoms with Gasteiger partial charge in [-0.25, -0.2) is 9.69 Å². The number of hydrogen-bond donors (Lipinski definition) is 1. The Hall–Kier alpha value is -4.19. The normalized spacial score (nSPS) is 18.9. The molecular formula is C35H32ClN3O6S2. The molecule has 0 radical (unpaired) electrons. The number of fused-ring (bicyclic) bond motifs is 2. The molecule has 9 nitrogen and oxygen atoms in total. The monoisotopic (exact) mass is 689 g/mol. The summed E-state index contributed by atoms with van der Waals surface area (Å²) in [6.07, 6.45) is 0. The van der Waals surface area contributed by atoms with Crippen LogP contribution in [-0.2, 0) is 31.1 Å². The molecule has 1 saturated heterocycles. The summed E-state index contributed by atoms with van der Waals surface area (Å²) in [5.41, 5.74) is 2.97. The first-order valence-electron chi connectivity index (χ1n) is 15.1. The van der Waals surface area contributed by atoms with Gasteiger partial charge in [-0.05, 0) is 72.0 Å². The van der Waals surface area contributed by atoms with Crippen molar-refractivity contribution in [1.29, 1.82) is 0 Å². The third kappa shape index (κ3) is 6.27. The number of imide groups is 1. The largest absolute Gasteiger partial charge is 0.462 e. The lowest BCUT2D eigenvalue weighted by Crippen LogP contribution is -2.33. The number of benzene rings is 3. The number of hydrogen-bond acceptors (Lipinski definition) is 8. The van der Waals surface area contributed by atoms with Crippen LogP contribution in [-0.4, -0.2) is 40.1 Å². The predicted molar refractivity (Wildman–Crippen MR) is 184 cm³/mol. The summed E-state index contributed by atoms with van der Waals surface area (Å²) in [5.74, 6) is -3.11. The minimum absolute atomic E-state index is 0.105. The van der Waals surface area contributed by atoms with Crippen LogP contribution in [0.3, 0.4) is 0 Å². The maximum Gasteiger partial charge on any atom is 0.338 e. The number of anilines is 2. The summed E-state index contributed by atoms with van der Waals surface area (Å²) in [6.45, 7) is 8.00. The van der Waals surface area contributed by atoms with Gasteiger partial charge in [0.2, 0.25) is 17.7 Å². The Kier molecular flexibility index (Phi) is 8.90. The zero-order chi connectivity index (χ0) is 33.6. The van der Waals surface area contributed by atoms with Gasteiger partial charge in [0.15, 0.2) is 0 Å². The third-order valence-electron chi connectivity index (χ3n) is 8.25. The van der Waals surface area contributed by atoms with Crippen molar-refractivity contribution in [2.24, 2.45) is 5.92 Å². The topological polar surface area (TPSA) is 115 Å². The number of thiazole rings is 1. The molecule has 6 rings (SSSR count). The average molecular weight is 690 g/mol. The van der Waals surface area contributed by atoms with E-state index in [1.54, 1.807) is 43.3 Å². The van der Waals surface area contributed by atoms with Gasteiger partial charge in [-0.15, -0.1) is 0 Å². The second kappa shape index (κ2) is 12.8. The predicted octanol–water partition coefficient (Wildman–Crippen LogP) is 6.47. The van der Waals surface area contributed by atoms with Crippen LogP contribution in [0, 0.1) is 5.92 Å². The minimum atomic E-state index is -0.841. The van der Waals surface area contributed by atoms with Crippen LogP contribution < -0.4 is 15.1 Å². The maximum absolute atomic E-state index is 14.2. The SMILES string of the molecule is CCOC(=O)c1ccc(N2C(=O)C3Sc4c(sc(=O)n4CC(=O)Nc4ccc(Cl)cc4)[C@@H](c4ccc(C(C)(C)C)cc4)C3C2=O)cc1. The van der Waals surface area contributed by atoms with Gasteiger partial charge in [0.1, 0.15) is 11.8 Å². The molecule has 1 aromatic heterocycles. The second-order valence-corrected chi connectivity index (χ2v) is 14.9. The van der Waals surface area contributed by atoms with Crippen LogP contribution in [0.4, 0.5) is 11.4 Å². The van der Waals surface area contributed by atoms with E-state index in [0.717, 1.165) is 34.2 Å². The lowest BCUT2D eigenvalue weighted by molar-refractivity contribution is -0.122. The fourth-order valence-corrected chi connectivity index (χ4v) is 8.80. The molecule has 4 aromatic rings. The van der Waals surface area contributed by atoms with Gasteiger partial charge < -0.3 is 10.1 Å². The van der Waals surface area contributed by atoms with Crippen LogP contribution in [0.15, 0.2) is 82.6 Å². The number of halogens is 1. The van der Waals surface area contributed by atoms with Crippen molar-refractivity contribution in [3.05, 3.63) is 109 Å². The highest BCUT2D eigenvalue weighted by Crippen LogP contribution is 2.54. The summed E-state index contributed by atoms with van der Waals surface area (Å²) in [6, 6.07) is 20.7. The number of rotatable bonds is 7. The maximum atomic E-state index is 14.2. The van der Waals surface area contributed by atoms with Crippen LogP contribution in [0.25, 0.3) is 0 Å². The molecule has 2 aliphatic rings. The van der Waals surface area contributed by atoms with E-state index in [2.05, 4.69) is 26.1 Å². The lowest BCUT2D eigenvalue weighted by Gasteiger charge is -2.31. The fraction of sp³-hybridized carbons (Fsp3) is 0.286. The molecule has 3 aromatic carbocycles. The van der Waals surface area contributed by atoms with Crippen LogP contribution in [0.1, 0.15) is 60.0 Å². The summed E-state index contributed by atoms with van der Waals surface area (Å²) < 4.78 is 6.45. The summed E-state index contributed by atoms with van der Waals surface area (Å²) in [4.78, 5) is 68.5. The molecule has 0 aliphatic carbocycles. The van der Waals surface area contributed by atoms with E-state index in [1.165, 1.54) is 21.6 Å². The van der Waals surface area contributed by atoms with E-state index < -0.39 is 34.9 Å². The van der Waals surface area contributed by atoms with E-state index in [-0.39, 0.29) is 29.3 Å². The number of ether oxygens (including phenoxy) is 1. The quantitative estimate of drug-likeness (QED) is 0.175. The van der Waals surface area contributed by atoms with Crippen LogP contribution in [0.2, 0.25) is 5.02 Å². The molecule has 12 heteroatoms. The molecule has 3 atom stereocenters. The van der Waals surface area contributed by atoms with E-state index >= 15 is 0 Å². The van der Waals surface area contributed by atoms with Crippen LogP contribution in [0.5, 0.6) is 0 Å². The smallest absolute Gasteiger partial charge is 0.338 e. The fourth-order valence-electron chi connectivity index (χ4n) is 5.90. The Morgan fingerprint density at radius 2 is 1.57 bits per heavy atom. The second-order valence-electron chi connectivity index (χ2n) is 12.4. The molecule has 242 valence electrons. The van der Waals surface area contributed by atoms with Crippen molar-refractivity contribution in [2.75, 3.05) is 16.8 Å². The van der Waals surface area contributed by atoms with Crippen molar-refractivity contribution in [1.82, 2.24) is 4.57 Å². The van der Waals surface area contributed by atoms with Gasteiger partial charge in [-0.1, -0.05) is 79.7 Å². The Morgan fingerprint density at radius 3 is 2.19 bits per heavy atom. The number of nitrogens with one attached hydrogen (secondary N) is 1. The molecule has 1 fully saturated rings. The van der Waals surface area contributed by atoms with E-state index in [0.29, 0.717) is 31.9 Å². The van der Waals surface area contributed by atoms with Gasteiger partial charge in [0.25, 0.3) is 0 Å². The number of amides is 3. The third-order valence-corrected chi connectivity index (χ3v) is 11.1. The summed E-state index contributed by atoms with van der Waals surface area (Å²) in [7, 11) is 0. The Labute approximate surface area is 284 Å². The van der Waals surface area contributed by atoms with Crippen LogP contribution >= 0.6 is 34.7 Å². The highest BCUT2D eigenvalue weighted by atomic mass is 35.5. The van der Waals surface area contributed by atoms with Crippen molar-refractivity contribution in [3.63, 3.8) is 0 Å². The molecule has 2 unspecified atom stereocenters. The Morgan fingerprint density at radius 1 is 0.915 bits per heavy atom. The molecular weight excluding hydrogens is 658 g/mol. The van der Waals surface area contributed by atoms with Gasteiger partial charge in [0, 0.05) is 21.5 Å². The van der Waals surface area contributed by atoms with Gasteiger partial charge >= 0.3 is 10.8 Å². The Bertz CT molecular complexity index is 1930. The lowest BCUT2D eigenvalue weighted by atomic mass is 9.81. The number of carbonyl (C=O) groups excluding carboxylic acids is 4. The number of aromatic nitrogens is 1.